The van der Waals surface area contributed by atoms with Crippen molar-refractivity contribution in [2.75, 3.05) is 4.90 Å². The highest BCUT2D eigenvalue weighted by Gasteiger charge is 2.15. The molecule has 0 unspecified atom stereocenters. The van der Waals surface area contributed by atoms with Crippen molar-refractivity contribution < 1.29 is 0 Å². The van der Waals surface area contributed by atoms with Crippen molar-refractivity contribution in [2.24, 2.45) is 0 Å². The summed E-state index contributed by atoms with van der Waals surface area (Å²) in [7, 11) is 0. The molecule has 0 aromatic heterocycles. The van der Waals surface area contributed by atoms with Crippen LogP contribution in [0.15, 0.2) is 76.4 Å². The van der Waals surface area contributed by atoms with E-state index in [1.807, 2.05) is 0 Å². The van der Waals surface area contributed by atoms with E-state index in [1.54, 1.807) is 0 Å². The van der Waals surface area contributed by atoms with Crippen LogP contribution < -0.4 is 4.90 Å². The molecule has 0 aliphatic heterocycles. The first kappa shape index (κ1) is 17.6. The summed E-state index contributed by atoms with van der Waals surface area (Å²) < 4.78 is 1.09. The van der Waals surface area contributed by atoms with E-state index in [0.717, 1.165) is 10.9 Å². The average Bonchev–Trinajstić information content (AvgIpc) is 2.53. The number of hydrogen-bond acceptors (Lipinski definition) is 1. The Kier molecular flexibility index (Phi) is 6.23. The maximum absolute atomic E-state index is 3.53. The first-order valence-electron chi connectivity index (χ1n) is 8.00. The van der Waals surface area contributed by atoms with Gasteiger partial charge in [-0.2, -0.15) is 0 Å². The summed E-state index contributed by atoms with van der Waals surface area (Å²) in [5.74, 6) is 0. The summed E-state index contributed by atoms with van der Waals surface area (Å²) in [5.41, 5.74) is 6.16. The van der Waals surface area contributed by atoms with Gasteiger partial charge in [-0.25, -0.2) is 0 Å². The van der Waals surface area contributed by atoms with Crippen LogP contribution >= 0.6 is 15.9 Å². The van der Waals surface area contributed by atoms with E-state index >= 15 is 0 Å². The van der Waals surface area contributed by atoms with Gasteiger partial charge in [0.2, 0.25) is 0 Å². The molecule has 0 aliphatic rings. The van der Waals surface area contributed by atoms with Crippen molar-refractivity contribution in [3.05, 3.63) is 82.0 Å². The maximum Gasteiger partial charge on any atom is 0.0490 e. The summed E-state index contributed by atoms with van der Waals surface area (Å²) in [6, 6.07) is 17.0. The SMILES string of the molecule is CC/C=C\C(=C(C)C)N(c1ccc(Br)cc1)c1ccccc1C. The highest BCUT2D eigenvalue weighted by atomic mass is 79.9. The number of nitrogens with zero attached hydrogens (tertiary/aromatic N) is 1. The third kappa shape index (κ3) is 4.35. The molecule has 0 saturated heterocycles. The molecule has 0 spiro atoms. The van der Waals surface area contributed by atoms with Crippen LogP contribution in [-0.4, -0.2) is 0 Å². The van der Waals surface area contributed by atoms with E-state index in [0.29, 0.717) is 0 Å². The van der Waals surface area contributed by atoms with Gasteiger partial charge in [-0.15, -0.1) is 0 Å². The minimum atomic E-state index is 1.03. The Morgan fingerprint density at radius 2 is 1.70 bits per heavy atom. The monoisotopic (exact) mass is 369 g/mol. The second-order valence-corrected chi connectivity index (χ2v) is 6.71. The van der Waals surface area contributed by atoms with Gasteiger partial charge in [-0.1, -0.05) is 52.7 Å². The van der Waals surface area contributed by atoms with Crippen molar-refractivity contribution in [3.8, 4) is 0 Å². The smallest absolute Gasteiger partial charge is 0.0490 e. The molecule has 2 heteroatoms. The van der Waals surface area contributed by atoms with E-state index in [9.17, 15) is 0 Å². The summed E-state index contributed by atoms with van der Waals surface area (Å²) in [5, 5.41) is 0. The van der Waals surface area contributed by atoms with Gasteiger partial charge in [-0.05, 0) is 69.2 Å². The molecule has 23 heavy (non-hydrogen) atoms. The van der Waals surface area contributed by atoms with Gasteiger partial charge in [0.15, 0.2) is 0 Å². The van der Waals surface area contributed by atoms with Gasteiger partial charge in [0.05, 0.1) is 0 Å². The second-order valence-electron chi connectivity index (χ2n) is 5.79. The van der Waals surface area contributed by atoms with Crippen molar-refractivity contribution in [2.45, 2.75) is 34.1 Å². The molecular weight excluding hydrogens is 346 g/mol. The maximum atomic E-state index is 3.53. The van der Waals surface area contributed by atoms with Crippen LogP contribution in [0.25, 0.3) is 0 Å². The predicted molar refractivity (Wildman–Crippen MR) is 105 cm³/mol. The lowest BCUT2D eigenvalue weighted by atomic mass is 10.1. The van der Waals surface area contributed by atoms with Gasteiger partial charge in [0.1, 0.15) is 0 Å². The third-order valence-electron chi connectivity index (χ3n) is 3.71. The molecule has 0 fully saturated rings. The quantitative estimate of drug-likeness (QED) is 0.505. The summed E-state index contributed by atoms with van der Waals surface area (Å²) in [6.07, 6.45) is 5.47. The third-order valence-corrected chi connectivity index (χ3v) is 4.23. The molecule has 0 N–H and O–H groups in total. The molecule has 2 aromatic carbocycles. The van der Waals surface area contributed by atoms with E-state index in [2.05, 4.69) is 109 Å². The largest absolute Gasteiger partial charge is 0.310 e. The van der Waals surface area contributed by atoms with E-state index in [4.69, 9.17) is 0 Å². The lowest BCUT2D eigenvalue weighted by Gasteiger charge is -2.29. The molecule has 2 aromatic rings. The normalized spacial score (nSPS) is 10.8. The fourth-order valence-electron chi connectivity index (χ4n) is 2.51. The standard InChI is InChI=1S/C21H24BrN/c1-5-6-10-20(16(2)3)23(19-14-12-18(22)13-15-19)21-11-8-7-9-17(21)4/h6-15H,5H2,1-4H3/b10-6-. The number of anilines is 2. The molecular formula is C21H24BrN. The van der Waals surface area contributed by atoms with E-state index < -0.39 is 0 Å². The fraction of sp³-hybridized carbons (Fsp3) is 0.238. The van der Waals surface area contributed by atoms with Crippen LogP contribution in [0.3, 0.4) is 0 Å². The Bertz CT molecular complexity index is 707. The highest BCUT2D eigenvalue weighted by molar-refractivity contribution is 9.10. The zero-order valence-corrected chi connectivity index (χ0v) is 15.9. The first-order valence-corrected chi connectivity index (χ1v) is 8.79. The van der Waals surface area contributed by atoms with Gasteiger partial charge in [0, 0.05) is 21.5 Å². The van der Waals surface area contributed by atoms with Gasteiger partial charge < -0.3 is 4.90 Å². The Hall–Kier alpha value is -1.80. The Morgan fingerprint density at radius 1 is 1.04 bits per heavy atom. The Morgan fingerprint density at radius 3 is 2.26 bits per heavy atom. The fourth-order valence-corrected chi connectivity index (χ4v) is 2.77. The molecule has 0 atom stereocenters. The first-order chi connectivity index (χ1) is 11.0. The van der Waals surface area contributed by atoms with Crippen molar-refractivity contribution in [3.63, 3.8) is 0 Å². The van der Waals surface area contributed by atoms with Crippen molar-refractivity contribution >= 4 is 27.3 Å². The number of halogens is 1. The summed E-state index contributed by atoms with van der Waals surface area (Å²) in [6.45, 7) is 8.66. The molecule has 120 valence electrons. The lowest BCUT2D eigenvalue weighted by Crippen LogP contribution is -2.17. The van der Waals surface area contributed by atoms with Crippen LogP contribution in [0.5, 0.6) is 0 Å². The van der Waals surface area contributed by atoms with Crippen molar-refractivity contribution in [1.29, 1.82) is 0 Å². The molecule has 0 aliphatic carbocycles. The number of allylic oxidation sites excluding steroid dienone is 3. The lowest BCUT2D eigenvalue weighted by molar-refractivity contribution is 1.12. The molecule has 0 amide bonds. The topological polar surface area (TPSA) is 3.24 Å². The predicted octanol–water partition coefficient (Wildman–Crippen LogP) is 7.16. The van der Waals surface area contributed by atoms with Crippen LogP contribution in [-0.2, 0) is 0 Å². The van der Waals surface area contributed by atoms with E-state index in [-0.39, 0.29) is 0 Å². The summed E-state index contributed by atoms with van der Waals surface area (Å²) in [4.78, 5) is 2.34. The number of para-hydroxylation sites is 1. The number of benzene rings is 2. The highest BCUT2D eigenvalue weighted by Crippen LogP contribution is 2.34. The van der Waals surface area contributed by atoms with Crippen LogP contribution in [0.2, 0.25) is 0 Å². The number of aryl methyl sites for hydroxylation is 1. The zero-order valence-electron chi connectivity index (χ0n) is 14.3. The van der Waals surface area contributed by atoms with Gasteiger partial charge >= 0.3 is 0 Å². The van der Waals surface area contributed by atoms with Gasteiger partial charge in [0.25, 0.3) is 0 Å². The Balaban J connectivity index is 2.64. The molecule has 0 heterocycles. The zero-order chi connectivity index (χ0) is 16.8. The van der Waals surface area contributed by atoms with Gasteiger partial charge in [-0.3, -0.25) is 0 Å². The minimum Gasteiger partial charge on any atom is -0.310 e. The van der Waals surface area contributed by atoms with Crippen molar-refractivity contribution in [1.82, 2.24) is 0 Å². The van der Waals surface area contributed by atoms with Crippen LogP contribution in [0.4, 0.5) is 11.4 Å². The minimum absolute atomic E-state index is 1.03. The Labute approximate surface area is 148 Å². The molecule has 0 radical (unpaired) electrons. The number of rotatable bonds is 5. The van der Waals surface area contributed by atoms with E-state index in [1.165, 1.54) is 28.2 Å². The second kappa shape index (κ2) is 8.16. The average molecular weight is 370 g/mol. The molecule has 0 saturated carbocycles. The molecule has 0 bridgehead atoms. The number of hydrogen-bond donors (Lipinski definition) is 0. The molecule has 1 nitrogen and oxygen atoms in total. The molecule has 2 rings (SSSR count). The summed E-state index contributed by atoms with van der Waals surface area (Å²) >= 11 is 3.53. The van der Waals surface area contributed by atoms with Crippen LogP contribution in [0.1, 0.15) is 32.8 Å². The van der Waals surface area contributed by atoms with Crippen LogP contribution in [0, 0.1) is 6.92 Å².